The van der Waals surface area contributed by atoms with Gasteiger partial charge in [-0.15, -0.1) is 0 Å². The van der Waals surface area contributed by atoms with Gasteiger partial charge in [-0.05, 0) is 56.4 Å². The van der Waals surface area contributed by atoms with Gasteiger partial charge in [0, 0.05) is 37.5 Å². The van der Waals surface area contributed by atoms with Crippen molar-refractivity contribution in [2.24, 2.45) is 13.0 Å². The number of carbonyl (C=O) groups excluding carboxylic acids is 1. The Morgan fingerprint density at radius 1 is 1.30 bits per heavy atom. The molecule has 1 aromatic carbocycles. The lowest BCUT2D eigenvalue weighted by molar-refractivity contribution is -0.150. The Balaban J connectivity index is 1.63. The smallest absolute Gasteiger partial charge is 0.325 e. The maximum atomic E-state index is 12.5. The molecule has 3 heterocycles. The number of aliphatic hydroxyl groups excluding tert-OH is 1. The molecule has 2 N–H and O–H groups in total. The van der Waals surface area contributed by atoms with E-state index in [4.69, 9.17) is 14.5 Å². The Kier molecular flexibility index (Phi) is 8.46. The Hall–Kier alpha value is -3.01. The first-order chi connectivity index (χ1) is 17.6. The van der Waals surface area contributed by atoms with Crippen LogP contribution in [0.1, 0.15) is 44.7 Å². The molecule has 3 aromatic rings. The number of hydrogen-bond donors (Lipinski definition) is 2. The van der Waals surface area contributed by atoms with Crippen LogP contribution >= 0.6 is 0 Å². The van der Waals surface area contributed by atoms with Gasteiger partial charge in [-0.1, -0.05) is 19.9 Å². The topological polar surface area (TPSA) is 108 Å². The molecule has 3 atom stereocenters. The largest absolute Gasteiger partial charge is 0.464 e. The number of aryl methyl sites for hydroxylation is 2. The first-order valence-electron chi connectivity index (χ1n) is 13.0. The molecule has 1 saturated heterocycles. The van der Waals surface area contributed by atoms with Gasteiger partial charge < -0.3 is 23.7 Å². The van der Waals surface area contributed by atoms with E-state index in [1.165, 1.54) is 0 Å². The molecule has 0 amide bonds. The summed E-state index contributed by atoms with van der Waals surface area (Å²) in [4.78, 5) is 29.7. The summed E-state index contributed by atoms with van der Waals surface area (Å²) in [5.41, 5.74) is 4.22. The number of rotatable bonds is 10. The van der Waals surface area contributed by atoms with Crippen LogP contribution in [0.5, 0.6) is 0 Å². The predicted molar refractivity (Wildman–Crippen MR) is 142 cm³/mol. The van der Waals surface area contributed by atoms with Gasteiger partial charge in [0.1, 0.15) is 11.9 Å². The minimum absolute atomic E-state index is 0.0292. The number of imidazole rings is 1. The van der Waals surface area contributed by atoms with E-state index in [2.05, 4.69) is 9.88 Å². The number of benzene rings is 1. The zero-order chi connectivity index (χ0) is 26.7. The zero-order valence-corrected chi connectivity index (χ0v) is 22.4. The van der Waals surface area contributed by atoms with Crippen LogP contribution in [0.15, 0.2) is 35.3 Å². The number of nitrogens with zero attached hydrogens (tertiary/aromatic N) is 3. The number of ether oxygens (including phenoxy) is 2. The zero-order valence-electron chi connectivity index (χ0n) is 22.4. The molecule has 4 rings (SSSR count). The van der Waals surface area contributed by atoms with Crippen LogP contribution < -0.4 is 10.9 Å². The van der Waals surface area contributed by atoms with Crippen molar-refractivity contribution in [3.8, 4) is 11.4 Å². The third kappa shape index (κ3) is 6.29. The summed E-state index contributed by atoms with van der Waals surface area (Å²) in [6.45, 7) is 9.45. The fourth-order valence-electron chi connectivity index (χ4n) is 4.70. The molecule has 0 radical (unpaired) electrons. The van der Waals surface area contributed by atoms with Crippen LogP contribution in [0.3, 0.4) is 0 Å². The van der Waals surface area contributed by atoms with Gasteiger partial charge in [-0.25, -0.2) is 4.98 Å². The van der Waals surface area contributed by atoms with Gasteiger partial charge in [0.15, 0.2) is 0 Å². The van der Waals surface area contributed by atoms with E-state index in [0.717, 1.165) is 47.4 Å². The molecule has 0 aliphatic carbocycles. The van der Waals surface area contributed by atoms with E-state index in [0.29, 0.717) is 25.3 Å². The molecule has 0 saturated carbocycles. The minimum Gasteiger partial charge on any atom is -0.464 e. The van der Waals surface area contributed by atoms with E-state index in [1.54, 1.807) is 18.5 Å². The van der Waals surface area contributed by atoms with E-state index in [9.17, 15) is 14.7 Å². The minimum atomic E-state index is -0.895. The summed E-state index contributed by atoms with van der Waals surface area (Å²) in [5, 5.41) is 13.3. The maximum absolute atomic E-state index is 12.5. The fraction of sp³-hybridized carbons (Fsp3) is 0.536. The second-order valence-electron chi connectivity index (χ2n) is 10.5. The lowest BCUT2D eigenvalue weighted by atomic mass is 10.1. The molecule has 0 unspecified atom stereocenters. The quantitative estimate of drug-likeness (QED) is 0.404. The molecule has 37 heavy (non-hydrogen) atoms. The average molecular weight is 511 g/mol. The lowest BCUT2D eigenvalue weighted by Gasteiger charge is -2.20. The van der Waals surface area contributed by atoms with Crippen molar-refractivity contribution < 1.29 is 19.4 Å². The van der Waals surface area contributed by atoms with Crippen LogP contribution in [-0.4, -0.2) is 56.7 Å². The second kappa shape index (κ2) is 11.6. The highest BCUT2D eigenvalue weighted by Crippen LogP contribution is 2.28. The van der Waals surface area contributed by atoms with Crippen LogP contribution in [-0.2, 0) is 34.4 Å². The monoisotopic (exact) mass is 510 g/mol. The van der Waals surface area contributed by atoms with Crippen molar-refractivity contribution in [3.63, 3.8) is 0 Å². The van der Waals surface area contributed by atoms with E-state index in [1.807, 2.05) is 51.2 Å². The number of aromatic nitrogens is 3. The van der Waals surface area contributed by atoms with Crippen molar-refractivity contribution >= 4 is 17.0 Å². The number of esters is 1. The molecule has 1 fully saturated rings. The maximum Gasteiger partial charge on any atom is 0.325 e. The number of pyridine rings is 1. The van der Waals surface area contributed by atoms with Gasteiger partial charge in [-0.3, -0.25) is 14.9 Å². The number of nitrogens with one attached hydrogen (secondary N) is 1. The van der Waals surface area contributed by atoms with E-state index in [-0.39, 0.29) is 17.6 Å². The standard InChI is InChI=1S/C28H38N4O5/c1-17(2)16-37-28(35)25(19(4)33)29-13-20-8-9-24-23(12-20)30-26(32(24)15-22-7-6-10-36-22)21-11-18(3)27(34)31(5)14-21/h8-9,11-12,14,17,19,22,25,29,33H,6-7,10,13,15-16H2,1-5H3/t19-,22-,25-/m0/s1. The Bertz CT molecular complexity index is 1280. The number of hydrogen-bond acceptors (Lipinski definition) is 7. The molecule has 0 bridgehead atoms. The van der Waals surface area contributed by atoms with Crippen molar-refractivity contribution in [2.45, 2.75) is 71.9 Å². The number of carbonyl (C=O) groups is 1. The first kappa shape index (κ1) is 27.0. The SMILES string of the molecule is Cc1cc(-c2nc3cc(CN[C@H](C(=O)OCC(C)C)[C@H](C)O)ccc3n2C[C@@H]2CCCO2)cn(C)c1=O. The summed E-state index contributed by atoms with van der Waals surface area (Å²) in [7, 11) is 1.75. The van der Waals surface area contributed by atoms with Crippen molar-refractivity contribution in [2.75, 3.05) is 13.2 Å². The summed E-state index contributed by atoms with van der Waals surface area (Å²) in [5.74, 6) is 0.544. The van der Waals surface area contributed by atoms with Crippen molar-refractivity contribution in [3.05, 3.63) is 51.9 Å². The molecule has 1 aliphatic rings. The van der Waals surface area contributed by atoms with Crippen LogP contribution in [0.25, 0.3) is 22.4 Å². The summed E-state index contributed by atoms with van der Waals surface area (Å²) >= 11 is 0. The van der Waals surface area contributed by atoms with Crippen LogP contribution in [0.2, 0.25) is 0 Å². The van der Waals surface area contributed by atoms with Gasteiger partial charge in [0.2, 0.25) is 0 Å². The van der Waals surface area contributed by atoms with Crippen molar-refractivity contribution in [1.82, 2.24) is 19.4 Å². The molecule has 2 aromatic heterocycles. The highest BCUT2D eigenvalue weighted by Gasteiger charge is 2.25. The fourth-order valence-corrected chi connectivity index (χ4v) is 4.70. The van der Waals surface area contributed by atoms with Crippen LogP contribution in [0.4, 0.5) is 0 Å². The number of aliphatic hydroxyl groups is 1. The summed E-state index contributed by atoms with van der Waals surface area (Å²) in [6, 6.07) is 7.08. The Morgan fingerprint density at radius 2 is 2.08 bits per heavy atom. The van der Waals surface area contributed by atoms with Gasteiger partial charge in [0.05, 0.1) is 36.4 Å². The van der Waals surface area contributed by atoms with E-state index < -0.39 is 18.1 Å². The molecule has 9 heteroatoms. The van der Waals surface area contributed by atoms with Gasteiger partial charge in [-0.2, -0.15) is 0 Å². The summed E-state index contributed by atoms with van der Waals surface area (Å²) < 4.78 is 15.0. The average Bonchev–Trinajstić information content (AvgIpc) is 3.49. The third-order valence-corrected chi connectivity index (χ3v) is 6.66. The predicted octanol–water partition coefficient (Wildman–Crippen LogP) is 2.93. The summed E-state index contributed by atoms with van der Waals surface area (Å²) in [6.07, 6.45) is 3.09. The normalized spacial score (nSPS) is 17.4. The highest BCUT2D eigenvalue weighted by molar-refractivity contribution is 5.81. The highest BCUT2D eigenvalue weighted by atomic mass is 16.5. The van der Waals surface area contributed by atoms with E-state index >= 15 is 0 Å². The molecule has 9 nitrogen and oxygen atoms in total. The third-order valence-electron chi connectivity index (χ3n) is 6.66. The lowest BCUT2D eigenvalue weighted by Crippen LogP contribution is -2.45. The Morgan fingerprint density at radius 3 is 2.73 bits per heavy atom. The Labute approximate surface area is 217 Å². The second-order valence-corrected chi connectivity index (χ2v) is 10.5. The molecule has 1 aliphatic heterocycles. The molecular weight excluding hydrogens is 472 g/mol. The van der Waals surface area contributed by atoms with Crippen molar-refractivity contribution in [1.29, 1.82) is 0 Å². The first-order valence-corrected chi connectivity index (χ1v) is 13.0. The molecular formula is C28H38N4O5. The van der Waals surface area contributed by atoms with Crippen LogP contribution in [0, 0.1) is 12.8 Å². The molecule has 0 spiro atoms. The van der Waals surface area contributed by atoms with Gasteiger partial charge >= 0.3 is 5.97 Å². The molecule has 200 valence electrons. The van der Waals surface area contributed by atoms with Gasteiger partial charge in [0.25, 0.3) is 5.56 Å². The number of fused-ring (bicyclic) bond motifs is 1.